The van der Waals surface area contributed by atoms with Gasteiger partial charge in [-0.2, -0.15) is 0 Å². The van der Waals surface area contributed by atoms with E-state index in [2.05, 4.69) is 15.3 Å². The van der Waals surface area contributed by atoms with Gasteiger partial charge < -0.3 is 5.32 Å². The summed E-state index contributed by atoms with van der Waals surface area (Å²) >= 11 is 1.31. The molecule has 3 aromatic rings. The Morgan fingerprint density at radius 3 is 2.57 bits per heavy atom. The number of hydrogen-bond donors (Lipinski definition) is 1. The van der Waals surface area contributed by atoms with Crippen molar-refractivity contribution >= 4 is 28.6 Å². The molecule has 0 bridgehead atoms. The molecule has 0 spiro atoms. The molecule has 0 aliphatic rings. The van der Waals surface area contributed by atoms with Gasteiger partial charge in [-0.05, 0) is 45.4 Å². The summed E-state index contributed by atoms with van der Waals surface area (Å²) < 4.78 is 1.43. The number of nitrogens with zero attached hydrogens (tertiary/aromatic N) is 3. The molecule has 7 heteroatoms. The van der Waals surface area contributed by atoms with Crippen LogP contribution in [0, 0.1) is 27.7 Å². The first-order valence-corrected chi connectivity index (χ1v) is 7.93. The van der Waals surface area contributed by atoms with E-state index in [-0.39, 0.29) is 17.2 Å². The molecule has 0 radical (unpaired) electrons. The zero-order chi connectivity index (χ0) is 16.7. The van der Waals surface area contributed by atoms with Gasteiger partial charge in [0.25, 0.3) is 11.5 Å². The molecule has 118 valence electrons. The normalized spacial score (nSPS) is 11.0. The molecule has 1 amide bonds. The van der Waals surface area contributed by atoms with Gasteiger partial charge >= 0.3 is 0 Å². The third-order valence-electron chi connectivity index (χ3n) is 3.52. The first-order chi connectivity index (χ1) is 10.9. The summed E-state index contributed by atoms with van der Waals surface area (Å²) in [6.45, 7) is 7.27. The predicted molar refractivity (Wildman–Crippen MR) is 90.5 cm³/mol. The summed E-state index contributed by atoms with van der Waals surface area (Å²) in [5.74, 6) is -0.331. The van der Waals surface area contributed by atoms with Crippen LogP contribution in [0.5, 0.6) is 0 Å². The topological polar surface area (TPSA) is 76.4 Å². The second kappa shape index (κ2) is 5.58. The highest BCUT2D eigenvalue weighted by molar-refractivity contribution is 7.13. The van der Waals surface area contributed by atoms with Crippen molar-refractivity contribution in [3.63, 3.8) is 0 Å². The fraction of sp³-hybridized carbons (Fsp3) is 0.250. The van der Waals surface area contributed by atoms with E-state index in [4.69, 9.17) is 0 Å². The quantitative estimate of drug-likeness (QED) is 0.784. The number of nitrogens with one attached hydrogen (secondary N) is 1. The van der Waals surface area contributed by atoms with E-state index in [9.17, 15) is 9.59 Å². The van der Waals surface area contributed by atoms with Crippen LogP contribution >= 0.6 is 11.3 Å². The minimum atomic E-state index is -0.331. The number of fused-ring (bicyclic) bond motifs is 1. The fourth-order valence-electron chi connectivity index (χ4n) is 2.41. The monoisotopic (exact) mass is 328 g/mol. The number of carbonyl (C=O) groups excluding carboxylic acids is 1. The number of carbonyl (C=O) groups is 1. The molecule has 1 N–H and O–H groups in total. The van der Waals surface area contributed by atoms with Gasteiger partial charge in [0, 0.05) is 6.20 Å². The fourth-order valence-corrected chi connectivity index (χ4v) is 3.22. The summed E-state index contributed by atoms with van der Waals surface area (Å²) in [5.41, 5.74) is 2.64. The second-order valence-electron chi connectivity index (χ2n) is 5.41. The third-order valence-corrected chi connectivity index (χ3v) is 4.59. The highest BCUT2D eigenvalue weighted by Gasteiger charge is 2.18. The number of thiazole rings is 1. The smallest absolute Gasteiger partial charge is 0.281 e. The van der Waals surface area contributed by atoms with Crippen molar-refractivity contribution in [2.24, 2.45) is 0 Å². The highest BCUT2D eigenvalue weighted by atomic mass is 32.1. The molecule has 0 aliphatic heterocycles. The summed E-state index contributed by atoms with van der Waals surface area (Å²) in [4.78, 5) is 34.2. The van der Waals surface area contributed by atoms with E-state index in [0.717, 1.165) is 10.6 Å². The van der Waals surface area contributed by atoms with Gasteiger partial charge in [0.15, 0.2) is 0 Å². The maximum atomic E-state index is 12.6. The van der Waals surface area contributed by atoms with E-state index in [0.29, 0.717) is 21.9 Å². The van der Waals surface area contributed by atoms with Crippen LogP contribution in [0.2, 0.25) is 0 Å². The molecule has 0 saturated heterocycles. The first-order valence-electron chi connectivity index (χ1n) is 7.12. The molecule has 3 rings (SSSR count). The van der Waals surface area contributed by atoms with Gasteiger partial charge in [0.05, 0.1) is 16.4 Å². The lowest BCUT2D eigenvalue weighted by Crippen LogP contribution is -2.25. The Kier molecular flexibility index (Phi) is 3.73. The van der Waals surface area contributed by atoms with Crippen LogP contribution in [0.1, 0.15) is 31.6 Å². The van der Waals surface area contributed by atoms with E-state index in [1.54, 1.807) is 20.0 Å². The lowest BCUT2D eigenvalue weighted by Gasteiger charge is -2.09. The molecule has 6 nitrogen and oxygen atoms in total. The van der Waals surface area contributed by atoms with E-state index < -0.39 is 0 Å². The predicted octanol–water partition coefficient (Wildman–Crippen LogP) is 2.64. The maximum Gasteiger partial charge on any atom is 0.281 e. The summed E-state index contributed by atoms with van der Waals surface area (Å²) in [7, 11) is 0. The molecular formula is C16H16N4O2S. The van der Waals surface area contributed by atoms with Crippen LogP contribution in [0.15, 0.2) is 23.1 Å². The molecule has 23 heavy (non-hydrogen) atoms. The Bertz CT molecular complexity index is 988. The van der Waals surface area contributed by atoms with Crippen molar-refractivity contribution in [1.82, 2.24) is 14.4 Å². The van der Waals surface area contributed by atoms with E-state index in [1.807, 2.05) is 26.0 Å². The SMILES string of the molecule is Cc1ccn2c(=O)c(NC(=O)c3sc(C)nc3C)c(C)nc2c1. The number of aryl methyl sites for hydroxylation is 4. The molecule has 0 atom stereocenters. The van der Waals surface area contributed by atoms with Crippen molar-refractivity contribution in [3.8, 4) is 0 Å². The number of amides is 1. The molecule has 0 aliphatic carbocycles. The number of anilines is 1. The minimum Gasteiger partial charge on any atom is -0.315 e. The van der Waals surface area contributed by atoms with Crippen molar-refractivity contribution < 1.29 is 4.79 Å². The molecule has 0 fully saturated rings. The molecular weight excluding hydrogens is 312 g/mol. The average molecular weight is 328 g/mol. The Morgan fingerprint density at radius 2 is 1.91 bits per heavy atom. The van der Waals surface area contributed by atoms with Crippen LogP contribution in [0.3, 0.4) is 0 Å². The summed E-state index contributed by atoms with van der Waals surface area (Å²) in [6.07, 6.45) is 1.66. The van der Waals surface area contributed by atoms with Gasteiger partial charge in [-0.25, -0.2) is 9.97 Å². The third kappa shape index (κ3) is 2.75. The lowest BCUT2D eigenvalue weighted by molar-refractivity contribution is 0.102. The Morgan fingerprint density at radius 1 is 1.17 bits per heavy atom. The Labute approximate surface area is 136 Å². The standard InChI is InChI=1S/C16H16N4O2S/c1-8-5-6-20-12(7-8)18-9(2)13(16(20)22)19-15(21)14-10(3)17-11(4)23-14/h5-7H,1-4H3,(H,19,21). The van der Waals surface area contributed by atoms with Crippen LogP contribution in [-0.2, 0) is 0 Å². The van der Waals surface area contributed by atoms with Crippen molar-refractivity contribution in [2.45, 2.75) is 27.7 Å². The second-order valence-corrected chi connectivity index (χ2v) is 6.61. The number of rotatable bonds is 2. The number of aromatic nitrogens is 3. The molecule has 0 aromatic carbocycles. The largest absolute Gasteiger partial charge is 0.315 e. The van der Waals surface area contributed by atoms with Gasteiger partial charge in [0.1, 0.15) is 16.2 Å². The molecule has 3 heterocycles. The number of hydrogen-bond acceptors (Lipinski definition) is 5. The van der Waals surface area contributed by atoms with Crippen molar-refractivity contribution in [3.05, 3.63) is 55.5 Å². The van der Waals surface area contributed by atoms with Crippen LogP contribution < -0.4 is 10.9 Å². The Hall–Kier alpha value is -2.54. The van der Waals surface area contributed by atoms with E-state index >= 15 is 0 Å². The van der Waals surface area contributed by atoms with Crippen LogP contribution in [0.4, 0.5) is 5.69 Å². The highest BCUT2D eigenvalue weighted by Crippen LogP contribution is 2.19. The molecule has 3 aromatic heterocycles. The van der Waals surface area contributed by atoms with E-state index in [1.165, 1.54) is 15.7 Å². The summed E-state index contributed by atoms with van der Waals surface area (Å²) in [5, 5.41) is 3.50. The van der Waals surface area contributed by atoms with Crippen LogP contribution in [-0.4, -0.2) is 20.3 Å². The zero-order valence-corrected chi connectivity index (χ0v) is 14.1. The summed E-state index contributed by atoms with van der Waals surface area (Å²) in [6, 6.07) is 3.66. The molecule has 0 saturated carbocycles. The zero-order valence-electron chi connectivity index (χ0n) is 13.3. The van der Waals surface area contributed by atoms with Crippen molar-refractivity contribution in [2.75, 3.05) is 5.32 Å². The van der Waals surface area contributed by atoms with Gasteiger partial charge in [-0.1, -0.05) is 0 Å². The Balaban J connectivity index is 2.06. The first kappa shape index (κ1) is 15.4. The average Bonchev–Trinajstić information content (AvgIpc) is 2.81. The lowest BCUT2D eigenvalue weighted by atomic mass is 10.2. The maximum absolute atomic E-state index is 12.6. The molecule has 0 unspecified atom stereocenters. The van der Waals surface area contributed by atoms with Crippen molar-refractivity contribution in [1.29, 1.82) is 0 Å². The van der Waals surface area contributed by atoms with Gasteiger partial charge in [-0.15, -0.1) is 11.3 Å². The van der Waals surface area contributed by atoms with Gasteiger partial charge in [0.2, 0.25) is 0 Å². The number of pyridine rings is 1. The minimum absolute atomic E-state index is 0.196. The van der Waals surface area contributed by atoms with Gasteiger partial charge in [-0.3, -0.25) is 14.0 Å². The van der Waals surface area contributed by atoms with Crippen LogP contribution in [0.25, 0.3) is 5.65 Å².